The Morgan fingerprint density at radius 3 is 2.36 bits per heavy atom. The molecular weight excluding hydrogens is 356 g/mol. The van der Waals surface area contributed by atoms with Gasteiger partial charge in [0.05, 0.1) is 25.0 Å². The zero-order valence-corrected chi connectivity index (χ0v) is 16.7. The van der Waals surface area contributed by atoms with Crippen LogP contribution in [0.4, 0.5) is 0 Å². The molecule has 2 aromatic rings. The summed E-state index contributed by atoms with van der Waals surface area (Å²) in [6.07, 6.45) is 4.30. The number of carbonyl (C=O) groups is 2. The molecule has 0 bridgehead atoms. The Labute approximate surface area is 165 Å². The summed E-state index contributed by atoms with van der Waals surface area (Å²) in [5, 5.41) is 3.21. The number of amides is 2. The van der Waals surface area contributed by atoms with E-state index in [-0.39, 0.29) is 29.7 Å². The van der Waals surface area contributed by atoms with Crippen molar-refractivity contribution in [3.8, 4) is 5.75 Å². The van der Waals surface area contributed by atoms with Gasteiger partial charge in [-0.3, -0.25) is 9.59 Å². The number of benzene rings is 1. The van der Waals surface area contributed by atoms with Gasteiger partial charge in [0.2, 0.25) is 5.91 Å². The molecule has 2 amide bonds. The topological polar surface area (TPSA) is 71.8 Å². The fourth-order valence-corrected chi connectivity index (χ4v) is 3.63. The number of methoxy groups -OCH3 is 1. The molecule has 0 radical (unpaired) electrons. The van der Waals surface area contributed by atoms with E-state index in [1.807, 2.05) is 24.3 Å². The zero-order chi connectivity index (χ0) is 20.1. The number of nitrogens with one attached hydrogen (secondary N) is 1. The maximum atomic E-state index is 12.9. The van der Waals surface area contributed by atoms with Crippen LogP contribution in [0, 0.1) is 11.8 Å². The summed E-state index contributed by atoms with van der Waals surface area (Å²) in [7, 11) is 1.64. The molecular formula is C22H28N2O4. The zero-order valence-electron chi connectivity index (χ0n) is 16.7. The van der Waals surface area contributed by atoms with E-state index < -0.39 is 0 Å². The number of rotatable bonds is 6. The van der Waals surface area contributed by atoms with Crippen molar-refractivity contribution in [1.29, 1.82) is 0 Å². The molecule has 0 aliphatic carbocycles. The van der Waals surface area contributed by atoms with Crippen molar-refractivity contribution in [1.82, 2.24) is 10.2 Å². The number of nitrogens with zero attached hydrogens (tertiary/aromatic N) is 1. The van der Waals surface area contributed by atoms with E-state index >= 15 is 0 Å². The monoisotopic (exact) mass is 384 g/mol. The second kappa shape index (κ2) is 8.95. The van der Waals surface area contributed by atoms with Gasteiger partial charge in [-0.15, -0.1) is 0 Å². The van der Waals surface area contributed by atoms with E-state index in [2.05, 4.69) is 19.2 Å². The lowest BCUT2D eigenvalue weighted by Gasteiger charge is -2.32. The standard InChI is InChI=1S/C22H28N2O4/c1-15(2)20(16-4-6-19(27-3)7-5-16)23-21(25)17-8-11-24(12-9-17)22(26)18-10-13-28-14-18/h4-7,10,13-15,17,20H,8-9,11-12H2,1-3H3,(H,23,25). The van der Waals surface area contributed by atoms with Crippen molar-refractivity contribution in [3.05, 3.63) is 54.0 Å². The Morgan fingerprint density at radius 1 is 1.14 bits per heavy atom. The maximum Gasteiger partial charge on any atom is 0.257 e. The van der Waals surface area contributed by atoms with E-state index in [0.717, 1.165) is 11.3 Å². The van der Waals surface area contributed by atoms with Crippen molar-refractivity contribution >= 4 is 11.8 Å². The largest absolute Gasteiger partial charge is 0.497 e. The van der Waals surface area contributed by atoms with Crippen LogP contribution >= 0.6 is 0 Å². The Balaban J connectivity index is 1.58. The highest BCUT2D eigenvalue weighted by Gasteiger charge is 2.30. The lowest BCUT2D eigenvalue weighted by Crippen LogP contribution is -2.44. The number of furan rings is 1. The molecule has 6 heteroatoms. The first-order valence-corrected chi connectivity index (χ1v) is 9.75. The van der Waals surface area contributed by atoms with Gasteiger partial charge in [-0.1, -0.05) is 26.0 Å². The minimum atomic E-state index is -0.0760. The fraction of sp³-hybridized carbons (Fsp3) is 0.455. The van der Waals surface area contributed by atoms with E-state index in [1.165, 1.54) is 12.5 Å². The van der Waals surface area contributed by atoms with Crippen LogP contribution in [0.1, 0.15) is 48.7 Å². The highest BCUT2D eigenvalue weighted by molar-refractivity contribution is 5.94. The third-order valence-electron chi connectivity index (χ3n) is 5.36. The average Bonchev–Trinajstić information content (AvgIpc) is 3.26. The first-order valence-electron chi connectivity index (χ1n) is 9.75. The van der Waals surface area contributed by atoms with Gasteiger partial charge >= 0.3 is 0 Å². The first-order chi connectivity index (χ1) is 13.5. The van der Waals surface area contributed by atoms with Crippen LogP contribution in [0.5, 0.6) is 5.75 Å². The number of hydrogen-bond acceptors (Lipinski definition) is 4. The number of piperidine rings is 1. The summed E-state index contributed by atoms with van der Waals surface area (Å²) in [4.78, 5) is 27.0. The van der Waals surface area contributed by atoms with Crippen LogP contribution in [0.15, 0.2) is 47.3 Å². The third-order valence-corrected chi connectivity index (χ3v) is 5.36. The molecule has 28 heavy (non-hydrogen) atoms. The number of carbonyl (C=O) groups excluding carboxylic acids is 2. The van der Waals surface area contributed by atoms with Gasteiger partial charge in [-0.2, -0.15) is 0 Å². The molecule has 0 spiro atoms. The van der Waals surface area contributed by atoms with Crippen LogP contribution in [-0.2, 0) is 4.79 Å². The number of hydrogen-bond donors (Lipinski definition) is 1. The van der Waals surface area contributed by atoms with Crippen molar-refractivity contribution in [2.45, 2.75) is 32.7 Å². The molecule has 1 fully saturated rings. The maximum absolute atomic E-state index is 12.9. The molecule has 3 rings (SSSR count). The predicted octanol–water partition coefficient (Wildman–Crippen LogP) is 3.65. The molecule has 1 atom stereocenters. The summed E-state index contributed by atoms with van der Waals surface area (Å²) in [6, 6.07) is 9.44. The summed E-state index contributed by atoms with van der Waals surface area (Å²) in [5.41, 5.74) is 1.62. The van der Waals surface area contributed by atoms with Gasteiger partial charge in [0.1, 0.15) is 12.0 Å². The Hall–Kier alpha value is -2.76. The van der Waals surface area contributed by atoms with E-state index in [9.17, 15) is 9.59 Å². The van der Waals surface area contributed by atoms with Crippen molar-refractivity contribution in [3.63, 3.8) is 0 Å². The summed E-state index contributed by atoms with van der Waals surface area (Å²) < 4.78 is 10.2. The summed E-state index contributed by atoms with van der Waals surface area (Å²) in [6.45, 7) is 5.36. The second-order valence-corrected chi connectivity index (χ2v) is 7.58. The van der Waals surface area contributed by atoms with Crippen LogP contribution in [-0.4, -0.2) is 36.9 Å². The minimum Gasteiger partial charge on any atom is -0.497 e. The Morgan fingerprint density at radius 2 is 1.82 bits per heavy atom. The highest BCUT2D eigenvalue weighted by atomic mass is 16.5. The van der Waals surface area contributed by atoms with Crippen molar-refractivity contribution in [2.24, 2.45) is 11.8 Å². The molecule has 0 saturated carbocycles. The SMILES string of the molecule is COc1ccc(C(NC(=O)C2CCN(C(=O)c3ccoc3)CC2)C(C)C)cc1. The van der Waals surface area contributed by atoms with Crippen LogP contribution in [0.2, 0.25) is 0 Å². The Bertz CT molecular complexity index is 775. The second-order valence-electron chi connectivity index (χ2n) is 7.58. The molecule has 1 aromatic heterocycles. The number of likely N-dealkylation sites (tertiary alicyclic amines) is 1. The lowest BCUT2D eigenvalue weighted by molar-refractivity contribution is -0.127. The molecule has 1 aliphatic heterocycles. The fourth-order valence-electron chi connectivity index (χ4n) is 3.63. The summed E-state index contributed by atoms with van der Waals surface area (Å²) in [5.74, 6) is 1.01. The van der Waals surface area contributed by atoms with Crippen molar-refractivity contribution in [2.75, 3.05) is 20.2 Å². The third kappa shape index (κ3) is 4.55. The van der Waals surface area contributed by atoms with E-state index in [1.54, 1.807) is 18.1 Å². The predicted molar refractivity (Wildman–Crippen MR) is 106 cm³/mol. The molecule has 1 saturated heterocycles. The van der Waals surface area contributed by atoms with Gasteiger partial charge in [0, 0.05) is 19.0 Å². The van der Waals surface area contributed by atoms with Crippen LogP contribution in [0.25, 0.3) is 0 Å². The molecule has 2 heterocycles. The van der Waals surface area contributed by atoms with Gasteiger partial charge in [-0.25, -0.2) is 0 Å². The molecule has 1 unspecified atom stereocenters. The highest BCUT2D eigenvalue weighted by Crippen LogP contribution is 2.26. The first kappa shape index (κ1) is 20.0. The average molecular weight is 384 g/mol. The van der Waals surface area contributed by atoms with E-state index in [4.69, 9.17) is 9.15 Å². The van der Waals surface area contributed by atoms with E-state index in [0.29, 0.717) is 31.5 Å². The summed E-state index contributed by atoms with van der Waals surface area (Å²) >= 11 is 0. The lowest BCUT2D eigenvalue weighted by atomic mass is 9.92. The molecule has 1 aliphatic rings. The number of ether oxygens (including phenoxy) is 1. The van der Waals surface area contributed by atoms with Crippen LogP contribution < -0.4 is 10.1 Å². The molecule has 6 nitrogen and oxygen atoms in total. The molecule has 1 N–H and O–H groups in total. The smallest absolute Gasteiger partial charge is 0.257 e. The Kier molecular flexibility index (Phi) is 6.39. The van der Waals surface area contributed by atoms with Crippen molar-refractivity contribution < 1.29 is 18.7 Å². The van der Waals surface area contributed by atoms with Crippen LogP contribution in [0.3, 0.4) is 0 Å². The quantitative estimate of drug-likeness (QED) is 0.825. The minimum absolute atomic E-state index is 0.0362. The van der Waals surface area contributed by atoms with Gasteiger partial charge in [0.25, 0.3) is 5.91 Å². The van der Waals surface area contributed by atoms with Gasteiger partial charge in [-0.05, 0) is 42.5 Å². The normalized spacial score (nSPS) is 16.1. The molecule has 150 valence electrons. The van der Waals surface area contributed by atoms with Gasteiger partial charge in [0.15, 0.2) is 0 Å². The molecule has 1 aromatic carbocycles. The van der Waals surface area contributed by atoms with Gasteiger partial charge < -0.3 is 19.4 Å².